The monoisotopic (exact) mass is 315 g/mol. The number of fused-ring (bicyclic) bond motifs is 3. The third-order valence-corrected chi connectivity index (χ3v) is 4.16. The van der Waals surface area contributed by atoms with Crippen molar-refractivity contribution < 1.29 is 9.53 Å². The minimum atomic E-state index is -0.534. The van der Waals surface area contributed by atoms with Crippen LogP contribution in [-0.2, 0) is 17.8 Å². The molecular formula is C17H21N3O3. The fourth-order valence-electron chi connectivity index (χ4n) is 2.97. The van der Waals surface area contributed by atoms with Gasteiger partial charge in [-0.1, -0.05) is 0 Å². The largest absolute Gasteiger partial charge is 0.444 e. The third-order valence-electron chi connectivity index (χ3n) is 4.16. The first-order valence-electron chi connectivity index (χ1n) is 7.65. The number of rotatable bonds is 0. The maximum atomic E-state index is 12.3. The number of ether oxygens (including phenoxy) is 1. The van der Waals surface area contributed by atoms with Gasteiger partial charge >= 0.3 is 6.09 Å². The Labute approximate surface area is 134 Å². The van der Waals surface area contributed by atoms with Crippen molar-refractivity contribution in [1.29, 1.82) is 0 Å². The Morgan fingerprint density at radius 3 is 2.52 bits per heavy atom. The van der Waals surface area contributed by atoms with Crippen molar-refractivity contribution >= 4 is 11.7 Å². The van der Waals surface area contributed by atoms with E-state index in [0.29, 0.717) is 18.7 Å². The van der Waals surface area contributed by atoms with E-state index in [0.717, 1.165) is 22.4 Å². The van der Waals surface area contributed by atoms with Gasteiger partial charge in [0, 0.05) is 23.5 Å². The molecule has 3 heterocycles. The predicted octanol–water partition coefficient (Wildman–Crippen LogP) is 2.56. The van der Waals surface area contributed by atoms with Crippen molar-refractivity contribution in [2.75, 3.05) is 0 Å². The molecule has 0 aromatic carbocycles. The van der Waals surface area contributed by atoms with Crippen molar-refractivity contribution in [3.8, 4) is 0 Å². The number of carbonyl (C=O) groups excluding carboxylic acids is 1. The summed E-state index contributed by atoms with van der Waals surface area (Å²) in [6, 6.07) is 1.45. The van der Waals surface area contributed by atoms with Gasteiger partial charge in [0.2, 0.25) is 0 Å². The molecule has 3 rings (SSSR count). The zero-order valence-corrected chi connectivity index (χ0v) is 14.1. The van der Waals surface area contributed by atoms with E-state index in [4.69, 9.17) is 4.74 Å². The van der Waals surface area contributed by atoms with Crippen molar-refractivity contribution in [2.45, 2.75) is 53.3 Å². The standard InChI is InChI=1S/C17H21N3O3/c1-10-11(2)20-14(21)6-7-18-15(20)13-9-19(8-12(10)13)16(22)23-17(3,4)5/h6-7H,8-9H2,1-5H3. The van der Waals surface area contributed by atoms with Crippen LogP contribution in [0.15, 0.2) is 17.1 Å². The number of aryl methyl sites for hydroxylation is 1. The summed E-state index contributed by atoms with van der Waals surface area (Å²) in [4.78, 5) is 30.5. The van der Waals surface area contributed by atoms with Gasteiger partial charge in [-0.25, -0.2) is 9.78 Å². The Kier molecular flexibility index (Phi) is 3.43. The van der Waals surface area contributed by atoms with Crippen LogP contribution in [0.3, 0.4) is 0 Å². The summed E-state index contributed by atoms with van der Waals surface area (Å²) < 4.78 is 7.07. The van der Waals surface area contributed by atoms with Crippen molar-refractivity contribution in [1.82, 2.24) is 14.3 Å². The van der Waals surface area contributed by atoms with Gasteiger partial charge in [0.25, 0.3) is 5.56 Å². The normalized spacial score (nSPS) is 14.2. The van der Waals surface area contributed by atoms with Gasteiger partial charge in [-0.2, -0.15) is 0 Å². The Morgan fingerprint density at radius 1 is 1.22 bits per heavy atom. The molecule has 0 saturated carbocycles. The van der Waals surface area contributed by atoms with Crippen molar-refractivity contribution in [3.05, 3.63) is 45.0 Å². The van der Waals surface area contributed by atoms with Crippen LogP contribution in [0.2, 0.25) is 0 Å². The van der Waals surface area contributed by atoms with Crippen molar-refractivity contribution in [2.24, 2.45) is 0 Å². The molecule has 0 spiro atoms. The molecule has 0 fully saturated rings. The average molecular weight is 315 g/mol. The van der Waals surface area contributed by atoms with Crippen LogP contribution >= 0.6 is 0 Å². The molecule has 6 nitrogen and oxygen atoms in total. The number of aromatic nitrogens is 2. The molecule has 0 bridgehead atoms. The smallest absolute Gasteiger partial charge is 0.410 e. The van der Waals surface area contributed by atoms with Crippen LogP contribution in [-0.4, -0.2) is 26.0 Å². The molecule has 0 N–H and O–H groups in total. The molecule has 0 aliphatic carbocycles. The summed E-state index contributed by atoms with van der Waals surface area (Å²) in [7, 11) is 0. The van der Waals surface area contributed by atoms with E-state index in [1.54, 1.807) is 9.30 Å². The molecule has 1 aliphatic rings. The third kappa shape index (κ3) is 2.58. The molecule has 0 saturated heterocycles. The average Bonchev–Trinajstić information content (AvgIpc) is 2.88. The Hall–Kier alpha value is -2.37. The number of amides is 1. The number of carbonyl (C=O) groups is 1. The zero-order chi connectivity index (χ0) is 16.9. The topological polar surface area (TPSA) is 63.9 Å². The van der Waals surface area contributed by atoms with E-state index in [-0.39, 0.29) is 11.7 Å². The van der Waals surface area contributed by atoms with Gasteiger partial charge < -0.3 is 4.74 Å². The highest BCUT2D eigenvalue weighted by Gasteiger charge is 2.31. The van der Waals surface area contributed by atoms with Crippen LogP contribution in [0.1, 0.15) is 43.2 Å². The Bertz CT molecular complexity index is 862. The molecule has 2 aromatic rings. The molecule has 2 aromatic heterocycles. The highest BCUT2D eigenvalue weighted by atomic mass is 16.6. The first-order chi connectivity index (χ1) is 10.7. The van der Waals surface area contributed by atoms with E-state index in [1.165, 1.54) is 12.3 Å². The molecule has 1 amide bonds. The second-order valence-electron chi connectivity index (χ2n) is 6.95. The molecule has 0 atom stereocenters. The van der Waals surface area contributed by atoms with E-state index in [1.807, 2.05) is 34.6 Å². The summed E-state index contributed by atoms with van der Waals surface area (Å²) in [5.74, 6) is 0. The first-order valence-corrected chi connectivity index (χ1v) is 7.65. The quantitative estimate of drug-likeness (QED) is 0.749. The molecule has 122 valence electrons. The number of hydrogen-bond donors (Lipinski definition) is 0. The van der Waals surface area contributed by atoms with Crippen LogP contribution in [0, 0.1) is 13.8 Å². The van der Waals surface area contributed by atoms with Crippen LogP contribution in [0.4, 0.5) is 4.79 Å². The SMILES string of the molecule is Cc1c2c(c3nccc(=O)n3c1C)CN(C(=O)OC(C)(C)C)C2. The van der Waals surface area contributed by atoms with E-state index in [9.17, 15) is 9.59 Å². The lowest BCUT2D eigenvalue weighted by molar-refractivity contribution is 0.0242. The van der Waals surface area contributed by atoms with Gasteiger partial charge in [-0.15, -0.1) is 0 Å². The lowest BCUT2D eigenvalue weighted by Crippen LogP contribution is -2.33. The number of nitrogens with zero attached hydrogens (tertiary/aromatic N) is 3. The molecule has 6 heteroatoms. The van der Waals surface area contributed by atoms with Crippen LogP contribution < -0.4 is 5.56 Å². The van der Waals surface area contributed by atoms with Gasteiger partial charge in [0.1, 0.15) is 11.2 Å². The minimum Gasteiger partial charge on any atom is -0.444 e. The Morgan fingerprint density at radius 2 is 1.87 bits per heavy atom. The zero-order valence-electron chi connectivity index (χ0n) is 14.1. The first kappa shape index (κ1) is 15.5. The summed E-state index contributed by atoms with van der Waals surface area (Å²) >= 11 is 0. The van der Waals surface area contributed by atoms with E-state index in [2.05, 4.69) is 4.98 Å². The summed E-state index contributed by atoms with van der Waals surface area (Å²) in [5, 5.41) is 0. The second-order valence-corrected chi connectivity index (χ2v) is 6.95. The maximum absolute atomic E-state index is 12.3. The van der Waals surface area contributed by atoms with Crippen molar-refractivity contribution in [3.63, 3.8) is 0 Å². The lowest BCUT2D eigenvalue weighted by Gasteiger charge is -2.24. The summed E-state index contributed by atoms with van der Waals surface area (Å²) in [6.07, 6.45) is 1.17. The van der Waals surface area contributed by atoms with Gasteiger partial charge in [-0.05, 0) is 45.7 Å². The van der Waals surface area contributed by atoms with Crippen LogP contribution in [0.5, 0.6) is 0 Å². The Balaban J connectivity index is 2.08. The van der Waals surface area contributed by atoms with Gasteiger partial charge in [-0.3, -0.25) is 14.1 Å². The highest BCUT2D eigenvalue weighted by molar-refractivity contribution is 5.71. The second kappa shape index (κ2) is 5.08. The molecule has 23 heavy (non-hydrogen) atoms. The van der Waals surface area contributed by atoms with Crippen LogP contribution in [0.25, 0.3) is 5.65 Å². The highest BCUT2D eigenvalue weighted by Crippen LogP contribution is 2.31. The van der Waals surface area contributed by atoms with E-state index < -0.39 is 5.60 Å². The fraction of sp³-hybridized carbons (Fsp3) is 0.471. The predicted molar refractivity (Wildman–Crippen MR) is 86.4 cm³/mol. The fourth-order valence-corrected chi connectivity index (χ4v) is 2.97. The summed E-state index contributed by atoms with van der Waals surface area (Å²) in [5.41, 5.74) is 3.86. The molecular weight excluding hydrogens is 294 g/mol. The van der Waals surface area contributed by atoms with Gasteiger partial charge in [0.15, 0.2) is 0 Å². The number of pyridine rings is 1. The molecule has 0 unspecified atom stereocenters. The molecule has 0 radical (unpaired) electrons. The molecule has 1 aliphatic heterocycles. The maximum Gasteiger partial charge on any atom is 0.410 e. The van der Waals surface area contributed by atoms with E-state index >= 15 is 0 Å². The lowest BCUT2D eigenvalue weighted by atomic mass is 10.0. The number of hydrogen-bond acceptors (Lipinski definition) is 4. The van der Waals surface area contributed by atoms with Gasteiger partial charge in [0.05, 0.1) is 13.1 Å². The minimum absolute atomic E-state index is 0.103. The summed E-state index contributed by atoms with van der Waals surface area (Å²) in [6.45, 7) is 10.3.